The highest BCUT2D eigenvalue weighted by Gasteiger charge is 2.35. The number of hydrogen-bond acceptors (Lipinski definition) is 3. The van der Waals surface area contributed by atoms with E-state index in [4.69, 9.17) is 33.4 Å². The van der Waals surface area contributed by atoms with Crippen LogP contribution in [0.3, 0.4) is 0 Å². The van der Waals surface area contributed by atoms with Crippen LogP contribution in [0.1, 0.15) is 29.0 Å². The number of carbonyl (C=O) groups excluding carboxylic acids is 1. The molecule has 0 saturated carbocycles. The van der Waals surface area contributed by atoms with E-state index in [-0.39, 0.29) is 38.4 Å². The van der Waals surface area contributed by atoms with Crippen molar-refractivity contribution in [2.24, 2.45) is 5.73 Å². The van der Waals surface area contributed by atoms with Gasteiger partial charge in [0.2, 0.25) is 0 Å². The van der Waals surface area contributed by atoms with Gasteiger partial charge in [-0.15, -0.1) is 0 Å². The molecule has 1 saturated heterocycles. The lowest BCUT2D eigenvalue weighted by molar-refractivity contribution is -0.0494. The number of piperidine rings is 1. The van der Waals surface area contributed by atoms with Gasteiger partial charge in [-0.25, -0.2) is 8.78 Å². The molecule has 35 heavy (non-hydrogen) atoms. The smallest absolute Gasteiger partial charge is 0.253 e. The number of nitrogens with two attached hydrogens (primary N) is 1. The van der Waals surface area contributed by atoms with E-state index >= 15 is 0 Å². The van der Waals surface area contributed by atoms with Gasteiger partial charge >= 0.3 is 0 Å². The maximum Gasteiger partial charge on any atom is 0.253 e. The molecule has 0 bridgehead atoms. The first-order valence-corrected chi connectivity index (χ1v) is 12.0. The third-order valence-corrected chi connectivity index (χ3v) is 6.73. The summed E-state index contributed by atoms with van der Waals surface area (Å²) >= 11 is 12.5. The van der Waals surface area contributed by atoms with E-state index < -0.39 is 5.92 Å². The van der Waals surface area contributed by atoms with Crippen molar-refractivity contribution in [2.45, 2.75) is 25.3 Å². The Kier molecular flexibility index (Phi) is 6.30. The van der Waals surface area contributed by atoms with Gasteiger partial charge in [0, 0.05) is 52.5 Å². The standard InChI is InChI=1S/C27H22Cl2F2N2O2/c28-21-10-19(11-22(29)14-21)24-13-18(9-20-12-23(15-32)35-25(20)24)16-1-3-17(4-2-16)26(34)33-7-5-27(30,31)6-8-33/h1-4,9-14H,5-8,15,32H2. The average Bonchev–Trinajstić information content (AvgIpc) is 3.26. The highest BCUT2D eigenvalue weighted by molar-refractivity contribution is 6.35. The molecule has 180 valence electrons. The molecule has 1 aliphatic rings. The Morgan fingerprint density at radius 3 is 2.20 bits per heavy atom. The molecular weight excluding hydrogens is 493 g/mol. The van der Waals surface area contributed by atoms with Crippen LogP contribution in [0.25, 0.3) is 33.2 Å². The molecule has 1 aliphatic heterocycles. The minimum atomic E-state index is -2.69. The maximum atomic E-state index is 13.5. The van der Waals surface area contributed by atoms with Crippen LogP contribution in [-0.2, 0) is 6.54 Å². The monoisotopic (exact) mass is 514 g/mol. The number of rotatable bonds is 4. The lowest BCUT2D eigenvalue weighted by Crippen LogP contribution is -2.42. The van der Waals surface area contributed by atoms with Crippen LogP contribution in [0.5, 0.6) is 0 Å². The number of alkyl halides is 2. The van der Waals surface area contributed by atoms with Crippen LogP contribution in [0.4, 0.5) is 8.78 Å². The summed E-state index contributed by atoms with van der Waals surface area (Å²) in [5.74, 6) is -2.28. The van der Waals surface area contributed by atoms with E-state index in [1.54, 1.807) is 18.2 Å². The second kappa shape index (κ2) is 9.26. The van der Waals surface area contributed by atoms with Gasteiger partial charge in [0.05, 0.1) is 6.54 Å². The average molecular weight is 515 g/mol. The molecule has 1 fully saturated rings. The lowest BCUT2D eigenvalue weighted by atomic mass is 9.96. The van der Waals surface area contributed by atoms with Gasteiger partial charge in [-0.05, 0) is 65.2 Å². The van der Waals surface area contributed by atoms with Crippen molar-refractivity contribution in [1.29, 1.82) is 0 Å². The van der Waals surface area contributed by atoms with Crippen molar-refractivity contribution in [2.75, 3.05) is 13.1 Å². The summed E-state index contributed by atoms with van der Waals surface area (Å²) in [5.41, 5.74) is 10.4. The van der Waals surface area contributed by atoms with Gasteiger partial charge in [0.25, 0.3) is 11.8 Å². The molecule has 0 atom stereocenters. The van der Waals surface area contributed by atoms with Gasteiger partial charge in [-0.3, -0.25) is 4.79 Å². The molecule has 2 heterocycles. The second-order valence-corrected chi connectivity index (χ2v) is 9.62. The second-order valence-electron chi connectivity index (χ2n) is 8.74. The topological polar surface area (TPSA) is 59.5 Å². The molecule has 3 aromatic carbocycles. The Morgan fingerprint density at radius 1 is 0.914 bits per heavy atom. The number of halogens is 4. The molecule has 1 aromatic heterocycles. The van der Waals surface area contributed by atoms with Crippen LogP contribution in [0.15, 0.2) is 65.1 Å². The predicted octanol–water partition coefficient (Wildman–Crippen LogP) is 7.40. The van der Waals surface area contributed by atoms with E-state index in [9.17, 15) is 13.6 Å². The SMILES string of the molecule is NCc1cc2cc(-c3ccc(C(=O)N4CCC(F)(F)CC4)cc3)cc(-c3cc(Cl)cc(Cl)c3)c2o1. The van der Waals surface area contributed by atoms with Gasteiger partial charge in [-0.2, -0.15) is 0 Å². The molecule has 0 radical (unpaired) electrons. The zero-order valence-electron chi connectivity index (χ0n) is 18.7. The Morgan fingerprint density at radius 2 is 1.57 bits per heavy atom. The highest BCUT2D eigenvalue weighted by Crippen LogP contribution is 2.38. The van der Waals surface area contributed by atoms with Crippen molar-refractivity contribution >= 4 is 40.1 Å². The van der Waals surface area contributed by atoms with Crippen LogP contribution in [0, 0.1) is 0 Å². The van der Waals surface area contributed by atoms with Crippen molar-refractivity contribution in [3.05, 3.63) is 82.0 Å². The number of hydrogen-bond donors (Lipinski definition) is 1. The molecule has 0 aliphatic carbocycles. The maximum absolute atomic E-state index is 13.5. The first-order chi connectivity index (χ1) is 16.7. The van der Waals surface area contributed by atoms with Crippen molar-refractivity contribution in [3.63, 3.8) is 0 Å². The fourth-order valence-electron chi connectivity index (χ4n) is 4.42. The zero-order valence-corrected chi connectivity index (χ0v) is 20.2. The van der Waals surface area contributed by atoms with Gasteiger partial charge in [0.1, 0.15) is 11.3 Å². The normalized spacial score (nSPS) is 15.5. The Balaban J connectivity index is 1.50. The lowest BCUT2D eigenvalue weighted by Gasteiger charge is -2.31. The van der Waals surface area contributed by atoms with Crippen LogP contribution < -0.4 is 5.73 Å². The molecule has 0 spiro atoms. The third-order valence-electron chi connectivity index (χ3n) is 6.29. The summed E-state index contributed by atoms with van der Waals surface area (Å²) < 4.78 is 32.9. The predicted molar refractivity (Wildman–Crippen MR) is 135 cm³/mol. The number of benzene rings is 3. The largest absolute Gasteiger partial charge is 0.459 e. The highest BCUT2D eigenvalue weighted by atomic mass is 35.5. The Hall–Kier alpha value is -2.93. The van der Waals surface area contributed by atoms with Gasteiger partial charge in [0.15, 0.2) is 0 Å². The third kappa shape index (κ3) is 4.92. The molecular formula is C27H22Cl2F2N2O2. The van der Waals surface area contributed by atoms with Crippen molar-refractivity contribution in [1.82, 2.24) is 4.90 Å². The first kappa shape index (κ1) is 23.8. The Labute approximate surface area is 211 Å². The van der Waals surface area contributed by atoms with E-state index in [1.807, 2.05) is 42.5 Å². The fourth-order valence-corrected chi connectivity index (χ4v) is 4.95. The molecule has 8 heteroatoms. The van der Waals surface area contributed by atoms with Crippen LogP contribution >= 0.6 is 23.2 Å². The van der Waals surface area contributed by atoms with E-state index in [1.165, 1.54) is 4.90 Å². The summed E-state index contributed by atoms with van der Waals surface area (Å²) in [4.78, 5) is 14.3. The summed E-state index contributed by atoms with van der Waals surface area (Å²) in [7, 11) is 0. The minimum Gasteiger partial charge on any atom is -0.459 e. The number of amides is 1. The van der Waals surface area contributed by atoms with Gasteiger partial charge < -0.3 is 15.1 Å². The minimum absolute atomic E-state index is 0.0553. The molecule has 2 N–H and O–H groups in total. The molecule has 1 amide bonds. The van der Waals surface area contributed by atoms with E-state index in [0.717, 1.165) is 27.6 Å². The summed E-state index contributed by atoms with van der Waals surface area (Å²) in [6, 6.07) is 18.3. The van der Waals surface area contributed by atoms with Crippen molar-refractivity contribution in [3.8, 4) is 22.3 Å². The number of fused-ring (bicyclic) bond motifs is 1. The summed E-state index contributed by atoms with van der Waals surface area (Å²) in [6.45, 7) is 0.374. The first-order valence-electron chi connectivity index (χ1n) is 11.2. The van der Waals surface area contributed by atoms with Crippen LogP contribution in [-0.4, -0.2) is 29.8 Å². The van der Waals surface area contributed by atoms with E-state index in [2.05, 4.69) is 0 Å². The molecule has 5 rings (SSSR count). The fraction of sp³-hybridized carbons (Fsp3) is 0.222. The van der Waals surface area contributed by atoms with Crippen molar-refractivity contribution < 1.29 is 18.0 Å². The molecule has 0 unspecified atom stereocenters. The van der Waals surface area contributed by atoms with Gasteiger partial charge in [-0.1, -0.05) is 35.3 Å². The number of carbonyl (C=O) groups is 1. The molecule has 4 nitrogen and oxygen atoms in total. The summed E-state index contributed by atoms with van der Waals surface area (Å²) in [6.07, 6.45) is -0.606. The number of furan rings is 1. The molecule has 4 aromatic rings. The number of nitrogens with zero attached hydrogens (tertiary/aromatic N) is 1. The van der Waals surface area contributed by atoms with E-state index in [0.29, 0.717) is 27.0 Å². The number of likely N-dealkylation sites (tertiary alicyclic amines) is 1. The zero-order chi connectivity index (χ0) is 24.7. The van der Waals surface area contributed by atoms with Crippen LogP contribution in [0.2, 0.25) is 10.0 Å². The summed E-state index contributed by atoms with van der Waals surface area (Å²) in [5, 5.41) is 1.90. The quantitative estimate of drug-likeness (QED) is 0.308. The Bertz CT molecular complexity index is 1390.